The van der Waals surface area contributed by atoms with Gasteiger partial charge in [0.1, 0.15) is 60.4 Å². The molecule has 86 heavy (non-hydrogen) atoms. The van der Waals surface area contributed by atoms with E-state index < -0.39 is 151 Å². The second kappa shape index (κ2) is 40.0. The van der Waals surface area contributed by atoms with Crippen molar-refractivity contribution in [2.24, 2.45) is 40.5 Å². The maximum Gasteiger partial charge on any atom is 0.245 e. The van der Waals surface area contributed by atoms with Gasteiger partial charge in [0.05, 0.1) is 12.2 Å². The van der Waals surface area contributed by atoms with E-state index in [1.807, 2.05) is 0 Å². The van der Waals surface area contributed by atoms with E-state index in [0.29, 0.717) is 17.9 Å². The lowest BCUT2D eigenvalue weighted by atomic mass is 10.00. The zero-order valence-corrected chi connectivity index (χ0v) is 51.2. The van der Waals surface area contributed by atoms with Gasteiger partial charge in [-0.1, -0.05) is 76.8 Å². The van der Waals surface area contributed by atoms with Gasteiger partial charge in [0.15, 0.2) is 0 Å². The number of nitrogens with one attached hydrogen (secondary N) is 11. The minimum Gasteiger partial charge on any atom is -0.391 e. The van der Waals surface area contributed by atoms with Crippen molar-refractivity contribution in [3.05, 3.63) is 34.9 Å². The lowest BCUT2D eigenvalue weighted by molar-refractivity contribution is -0.137. The van der Waals surface area contributed by atoms with Crippen LogP contribution < -0.4 is 87.2 Å². The Morgan fingerprint density at radius 1 is 0.593 bits per heavy atom. The third-order valence-electron chi connectivity index (χ3n) is 14.4. The van der Waals surface area contributed by atoms with Gasteiger partial charge in [0, 0.05) is 24.4 Å². The first kappa shape index (κ1) is 75.5. The van der Waals surface area contributed by atoms with Gasteiger partial charge in [-0.25, -0.2) is 0 Å². The Hall–Kier alpha value is -6.60. The lowest BCUT2D eigenvalue weighted by Gasteiger charge is -2.29. The zero-order valence-electron chi connectivity index (χ0n) is 50.5. The number of halogens is 1. The van der Waals surface area contributed by atoms with Crippen LogP contribution >= 0.6 is 11.6 Å². The molecule has 1 fully saturated rings. The molecule has 1 aromatic rings. The van der Waals surface area contributed by atoms with Crippen LogP contribution in [-0.2, 0) is 59.2 Å². The maximum absolute atomic E-state index is 14.6. The van der Waals surface area contributed by atoms with Crippen LogP contribution in [-0.4, -0.2) is 187 Å². The summed E-state index contributed by atoms with van der Waals surface area (Å²) in [6, 6.07) is -8.59. The molecular weight excluding hydrogens is 1140 g/mol. The van der Waals surface area contributed by atoms with E-state index in [1.54, 1.807) is 38.1 Å². The number of amides is 11. The molecule has 0 bridgehead atoms. The van der Waals surface area contributed by atoms with Crippen LogP contribution in [0.3, 0.4) is 0 Å². The van der Waals surface area contributed by atoms with Gasteiger partial charge >= 0.3 is 0 Å². The molecule has 0 spiro atoms. The molecule has 1 aliphatic heterocycles. The summed E-state index contributed by atoms with van der Waals surface area (Å²) in [6.45, 7) is 8.89. The molecule has 1 heterocycles. The number of aliphatic hydroxyl groups excluding tert-OH is 2. The number of carbonyl (C=O) groups excluding carboxylic acids is 11. The van der Waals surface area contributed by atoms with E-state index in [4.69, 9.17) is 40.3 Å². The van der Waals surface area contributed by atoms with E-state index in [-0.39, 0.29) is 95.0 Å². The number of carbonyl (C=O) groups is 11. The van der Waals surface area contributed by atoms with Gasteiger partial charge in [0.25, 0.3) is 0 Å². The minimum atomic E-state index is -1.71. The molecule has 1 aromatic carbocycles. The van der Waals surface area contributed by atoms with E-state index >= 15 is 0 Å². The summed E-state index contributed by atoms with van der Waals surface area (Å²) in [6.07, 6.45) is -1.32. The van der Waals surface area contributed by atoms with Gasteiger partial charge in [-0.3, -0.25) is 52.7 Å². The third-order valence-corrected chi connectivity index (χ3v) is 14.7. The SMILES string of the molecule is CC[C@H](C)CCCCC(=O)N[C@@H](CCN)C(=O)N[C@H](C(=O)N[C@@H](CCN)C(=O)N[C@H]1CCNC(=O)[C@H]([C@@H](C)O)NC(=O)[C@H](CCN)NC(=O)[C@H](CCN)NC(=O)[C@H](CC(C)C)NC(=O)[C@@H](Cc2ccccc2Cl)NC(=O)[C@H](CCN)NC1=O)[C@@H](C)O. The summed E-state index contributed by atoms with van der Waals surface area (Å²) >= 11 is 6.54. The largest absolute Gasteiger partial charge is 0.391 e. The van der Waals surface area contributed by atoms with Gasteiger partial charge < -0.3 is 97.4 Å². The fourth-order valence-electron chi connectivity index (χ4n) is 9.15. The normalized spacial score (nSPS) is 22.8. The van der Waals surface area contributed by atoms with Crippen LogP contribution in [0.1, 0.15) is 124 Å². The summed E-state index contributed by atoms with van der Waals surface area (Å²) in [4.78, 5) is 154. The third kappa shape index (κ3) is 26.6. The number of benzene rings is 1. The first-order valence-corrected chi connectivity index (χ1v) is 30.0. The summed E-state index contributed by atoms with van der Waals surface area (Å²) in [7, 11) is 0. The van der Waals surface area contributed by atoms with E-state index in [9.17, 15) is 63.0 Å². The van der Waals surface area contributed by atoms with E-state index in [2.05, 4.69) is 72.3 Å². The molecule has 23 N–H and O–H groups in total. The predicted octanol–water partition coefficient (Wildman–Crippen LogP) is -4.59. The Morgan fingerprint density at radius 2 is 1.09 bits per heavy atom. The first-order chi connectivity index (χ1) is 40.7. The molecule has 1 aliphatic rings. The lowest BCUT2D eigenvalue weighted by Crippen LogP contribution is -2.62. The second-order valence-electron chi connectivity index (χ2n) is 22.2. The Bertz CT molecular complexity index is 2390. The Kier molecular flexibility index (Phi) is 35.1. The first-order valence-electron chi connectivity index (χ1n) is 29.7. The molecule has 0 radical (unpaired) electrons. The van der Waals surface area contributed by atoms with Crippen molar-refractivity contribution in [2.75, 3.05) is 39.3 Å². The van der Waals surface area contributed by atoms with E-state index in [1.165, 1.54) is 13.8 Å². The van der Waals surface area contributed by atoms with Crippen LogP contribution in [0.15, 0.2) is 24.3 Å². The summed E-state index contributed by atoms with van der Waals surface area (Å²) in [5.74, 6) is -9.68. The molecule has 486 valence electrons. The number of rotatable bonds is 29. The average Bonchev–Trinajstić information content (AvgIpc) is 3.61. The number of nitrogens with two attached hydrogens (primary N) is 5. The number of aliphatic hydroxyl groups is 2. The van der Waals surface area contributed by atoms with Crippen molar-refractivity contribution in [1.82, 2.24) is 58.5 Å². The Labute approximate surface area is 508 Å². The number of hydrogen-bond donors (Lipinski definition) is 18. The van der Waals surface area contributed by atoms with Crippen LogP contribution in [0.25, 0.3) is 0 Å². The zero-order chi connectivity index (χ0) is 64.6. The van der Waals surface area contributed by atoms with Crippen molar-refractivity contribution in [3.63, 3.8) is 0 Å². The molecule has 30 heteroatoms. The number of unbranched alkanes of at least 4 members (excludes halogenated alkanes) is 1. The molecule has 0 saturated carbocycles. The molecule has 2 rings (SSSR count). The van der Waals surface area contributed by atoms with E-state index in [0.717, 1.165) is 19.3 Å². The highest BCUT2D eigenvalue weighted by Gasteiger charge is 2.38. The Morgan fingerprint density at radius 3 is 1.60 bits per heavy atom. The quantitative estimate of drug-likeness (QED) is 0.0336. The molecule has 1 saturated heterocycles. The molecular formula is C56H97ClN16O13. The van der Waals surface area contributed by atoms with Crippen LogP contribution in [0.4, 0.5) is 0 Å². The topological polar surface area (TPSA) is 491 Å². The van der Waals surface area contributed by atoms with Crippen molar-refractivity contribution >= 4 is 76.6 Å². The summed E-state index contributed by atoms with van der Waals surface area (Å²) in [5.41, 5.74) is 29.8. The highest BCUT2D eigenvalue weighted by molar-refractivity contribution is 6.31. The smallest absolute Gasteiger partial charge is 0.245 e. The molecule has 29 nitrogen and oxygen atoms in total. The van der Waals surface area contributed by atoms with Crippen molar-refractivity contribution in [1.29, 1.82) is 0 Å². The molecule has 11 amide bonds. The molecule has 0 aliphatic carbocycles. The summed E-state index contributed by atoms with van der Waals surface area (Å²) < 4.78 is 0. The highest BCUT2D eigenvalue weighted by Crippen LogP contribution is 2.18. The second-order valence-corrected chi connectivity index (χ2v) is 22.6. The number of hydrogen-bond acceptors (Lipinski definition) is 18. The van der Waals surface area contributed by atoms with Gasteiger partial charge in [-0.15, -0.1) is 0 Å². The van der Waals surface area contributed by atoms with Gasteiger partial charge in [-0.05, 0) is 121 Å². The van der Waals surface area contributed by atoms with Crippen LogP contribution in [0.5, 0.6) is 0 Å². The van der Waals surface area contributed by atoms with Crippen molar-refractivity contribution < 1.29 is 63.0 Å². The standard InChI is InChI=1S/C56H97ClN16O13/c1-7-31(4)12-8-11-15-44(76)64-36(16-22-58)51(81)73-46(33(6)75)56(86)69-39(19-25-61)48(78)68-41-21-27-63-55(85)45(32(5)74)72-52(82)40(20-26-62)66-47(77)37(17-23-59)67-53(83)42(28-30(2)3)70-54(84)43(29-34-13-9-10-14-35(34)57)71-49(79)38(18-24-60)65-50(41)80/h9-10,13-14,30-33,36-43,45-46,74-75H,7-8,11-12,15-29,58-62H2,1-6H3,(H,63,85)(H,64,76)(H,65,80)(H,66,77)(H,67,83)(H,68,78)(H,69,86)(H,70,84)(H,71,79)(H,72,82)(H,73,81)/t31-,32+,33+,36-,37-,38-,39-,40-,41-,42-,43+,45-,46-/m0/s1. The van der Waals surface area contributed by atoms with Crippen molar-refractivity contribution in [3.8, 4) is 0 Å². The highest BCUT2D eigenvalue weighted by atomic mass is 35.5. The fraction of sp³-hybridized carbons (Fsp3) is 0.696. The monoisotopic (exact) mass is 1240 g/mol. The van der Waals surface area contributed by atoms with Crippen LogP contribution in [0.2, 0.25) is 5.02 Å². The average molecular weight is 1240 g/mol. The molecule has 0 aromatic heterocycles. The molecule has 13 atom stereocenters. The van der Waals surface area contributed by atoms with Gasteiger partial charge in [0.2, 0.25) is 65.0 Å². The van der Waals surface area contributed by atoms with Gasteiger partial charge in [-0.2, -0.15) is 0 Å². The van der Waals surface area contributed by atoms with Crippen LogP contribution in [0, 0.1) is 11.8 Å². The van der Waals surface area contributed by atoms with Crippen molar-refractivity contribution in [2.45, 2.75) is 198 Å². The predicted molar refractivity (Wildman–Crippen MR) is 321 cm³/mol. The minimum absolute atomic E-state index is 0.0182. The maximum atomic E-state index is 14.6. The fourth-order valence-corrected chi connectivity index (χ4v) is 9.37. The Balaban J connectivity index is 2.70. The molecule has 0 unspecified atom stereocenters. The summed E-state index contributed by atoms with van der Waals surface area (Å²) in [5, 5.41) is 49.8.